The van der Waals surface area contributed by atoms with Crippen molar-refractivity contribution < 1.29 is 9.53 Å². The molecule has 0 unspecified atom stereocenters. The number of hydrogen-bond donors (Lipinski definition) is 0. The molecule has 0 heterocycles. The standard InChI is InChI=1S/C16H13Cl3O2/c1-2-3-10-4-6-11(7-5-10)21-16(20)14-12(17)8-9-13(18)15(14)19/h4-9H,2-3H2,1H3. The number of rotatable bonds is 4. The van der Waals surface area contributed by atoms with E-state index in [0.29, 0.717) is 5.75 Å². The van der Waals surface area contributed by atoms with E-state index in [0.717, 1.165) is 12.8 Å². The summed E-state index contributed by atoms with van der Waals surface area (Å²) in [6.07, 6.45) is 2.05. The summed E-state index contributed by atoms with van der Waals surface area (Å²) in [4.78, 5) is 12.2. The Bertz CT molecular complexity index is 651. The zero-order chi connectivity index (χ0) is 15.4. The first kappa shape index (κ1) is 16.2. The van der Waals surface area contributed by atoms with Crippen LogP contribution in [-0.4, -0.2) is 5.97 Å². The van der Waals surface area contributed by atoms with Crippen molar-refractivity contribution in [2.75, 3.05) is 0 Å². The molecule has 0 fully saturated rings. The molecular formula is C16H13Cl3O2. The van der Waals surface area contributed by atoms with Gasteiger partial charge in [0.2, 0.25) is 0 Å². The summed E-state index contributed by atoms with van der Waals surface area (Å²) >= 11 is 17.9. The summed E-state index contributed by atoms with van der Waals surface area (Å²) in [5, 5.41) is 0.556. The molecule has 2 rings (SSSR count). The number of carbonyl (C=O) groups excluding carboxylic acids is 1. The molecule has 0 radical (unpaired) electrons. The summed E-state index contributed by atoms with van der Waals surface area (Å²) in [6, 6.07) is 10.4. The number of esters is 1. The van der Waals surface area contributed by atoms with Gasteiger partial charge in [0.15, 0.2) is 0 Å². The van der Waals surface area contributed by atoms with Crippen molar-refractivity contribution in [3.63, 3.8) is 0 Å². The van der Waals surface area contributed by atoms with Crippen molar-refractivity contribution in [1.82, 2.24) is 0 Å². The van der Waals surface area contributed by atoms with Crippen LogP contribution >= 0.6 is 34.8 Å². The quantitative estimate of drug-likeness (QED) is 0.397. The summed E-state index contributed by atoms with van der Waals surface area (Å²) in [6.45, 7) is 2.11. The monoisotopic (exact) mass is 342 g/mol. The molecule has 0 aromatic heterocycles. The van der Waals surface area contributed by atoms with Gasteiger partial charge in [-0.3, -0.25) is 0 Å². The highest BCUT2D eigenvalue weighted by Crippen LogP contribution is 2.32. The highest BCUT2D eigenvalue weighted by molar-refractivity contribution is 6.46. The van der Waals surface area contributed by atoms with Gasteiger partial charge in [-0.2, -0.15) is 0 Å². The normalized spacial score (nSPS) is 10.5. The van der Waals surface area contributed by atoms with Gasteiger partial charge in [0.05, 0.1) is 20.6 Å². The van der Waals surface area contributed by atoms with Gasteiger partial charge in [0.1, 0.15) is 5.75 Å². The fraction of sp³-hybridized carbons (Fsp3) is 0.188. The molecule has 2 aromatic carbocycles. The lowest BCUT2D eigenvalue weighted by atomic mass is 10.1. The number of hydrogen-bond acceptors (Lipinski definition) is 2. The summed E-state index contributed by atoms with van der Waals surface area (Å²) in [5.41, 5.74) is 1.26. The molecule has 0 saturated heterocycles. The van der Waals surface area contributed by atoms with E-state index >= 15 is 0 Å². The Morgan fingerprint density at radius 1 is 1.00 bits per heavy atom. The Kier molecular flexibility index (Phi) is 5.51. The topological polar surface area (TPSA) is 26.3 Å². The Morgan fingerprint density at radius 3 is 2.24 bits per heavy atom. The number of aryl methyl sites for hydroxylation is 1. The van der Waals surface area contributed by atoms with Crippen molar-refractivity contribution in [2.45, 2.75) is 19.8 Å². The summed E-state index contributed by atoms with van der Waals surface area (Å²) in [5.74, 6) is -0.192. The maximum Gasteiger partial charge on any atom is 0.346 e. The average Bonchev–Trinajstić information content (AvgIpc) is 2.46. The van der Waals surface area contributed by atoms with Crippen molar-refractivity contribution in [1.29, 1.82) is 0 Å². The van der Waals surface area contributed by atoms with E-state index < -0.39 is 5.97 Å². The second-order valence-corrected chi connectivity index (χ2v) is 5.69. The predicted octanol–water partition coefficient (Wildman–Crippen LogP) is 5.82. The minimum atomic E-state index is -0.629. The molecule has 21 heavy (non-hydrogen) atoms. The van der Waals surface area contributed by atoms with Crippen LogP contribution in [0.1, 0.15) is 29.3 Å². The van der Waals surface area contributed by atoms with Crippen LogP contribution in [0.4, 0.5) is 0 Å². The van der Waals surface area contributed by atoms with Crippen LogP contribution in [0.2, 0.25) is 15.1 Å². The van der Waals surface area contributed by atoms with Gasteiger partial charge >= 0.3 is 5.97 Å². The van der Waals surface area contributed by atoms with E-state index in [1.54, 1.807) is 12.1 Å². The smallest absolute Gasteiger partial charge is 0.346 e. The van der Waals surface area contributed by atoms with E-state index in [-0.39, 0.29) is 20.6 Å². The molecule has 0 saturated carbocycles. The molecule has 0 spiro atoms. The molecule has 110 valence electrons. The number of carbonyl (C=O) groups is 1. The lowest BCUT2D eigenvalue weighted by molar-refractivity contribution is 0.0735. The summed E-state index contributed by atoms with van der Waals surface area (Å²) in [7, 11) is 0. The molecule has 0 aliphatic rings. The third kappa shape index (κ3) is 3.91. The SMILES string of the molecule is CCCc1ccc(OC(=O)c2c(Cl)ccc(Cl)c2Cl)cc1. The third-order valence-electron chi connectivity index (χ3n) is 2.92. The van der Waals surface area contributed by atoms with Crippen LogP contribution < -0.4 is 4.74 Å². The zero-order valence-electron chi connectivity index (χ0n) is 11.3. The Labute approximate surface area is 138 Å². The summed E-state index contributed by atoms with van der Waals surface area (Å²) < 4.78 is 5.28. The van der Waals surface area contributed by atoms with Crippen LogP contribution in [0.3, 0.4) is 0 Å². The molecule has 0 bridgehead atoms. The second kappa shape index (κ2) is 7.17. The maximum atomic E-state index is 12.2. The molecule has 0 aliphatic heterocycles. The number of benzene rings is 2. The van der Waals surface area contributed by atoms with Crippen LogP contribution in [0.5, 0.6) is 5.75 Å². The van der Waals surface area contributed by atoms with E-state index in [1.165, 1.54) is 17.7 Å². The van der Waals surface area contributed by atoms with E-state index in [4.69, 9.17) is 39.5 Å². The van der Waals surface area contributed by atoms with E-state index in [1.807, 2.05) is 12.1 Å². The lowest BCUT2D eigenvalue weighted by Gasteiger charge is -2.09. The Morgan fingerprint density at radius 2 is 1.62 bits per heavy atom. The fourth-order valence-electron chi connectivity index (χ4n) is 1.89. The molecule has 2 nitrogen and oxygen atoms in total. The maximum absolute atomic E-state index is 12.2. The van der Waals surface area contributed by atoms with Crippen molar-refractivity contribution in [3.8, 4) is 5.75 Å². The molecule has 0 atom stereocenters. The van der Waals surface area contributed by atoms with Crippen molar-refractivity contribution >= 4 is 40.8 Å². The zero-order valence-corrected chi connectivity index (χ0v) is 13.6. The first-order chi connectivity index (χ1) is 10.0. The van der Waals surface area contributed by atoms with Crippen LogP contribution in [0.25, 0.3) is 0 Å². The van der Waals surface area contributed by atoms with Gasteiger partial charge in [0.25, 0.3) is 0 Å². The number of halogens is 3. The molecule has 5 heteroatoms. The van der Waals surface area contributed by atoms with Crippen LogP contribution in [0.15, 0.2) is 36.4 Å². The van der Waals surface area contributed by atoms with Crippen LogP contribution in [0, 0.1) is 0 Å². The molecule has 0 amide bonds. The average molecular weight is 344 g/mol. The predicted molar refractivity (Wildman–Crippen MR) is 86.9 cm³/mol. The molecular weight excluding hydrogens is 331 g/mol. The first-order valence-corrected chi connectivity index (χ1v) is 7.61. The Hall–Kier alpha value is -1.22. The minimum Gasteiger partial charge on any atom is -0.423 e. The highest BCUT2D eigenvalue weighted by atomic mass is 35.5. The van der Waals surface area contributed by atoms with E-state index in [2.05, 4.69) is 6.92 Å². The Balaban J connectivity index is 2.20. The fourth-order valence-corrected chi connectivity index (χ4v) is 2.57. The van der Waals surface area contributed by atoms with Gasteiger partial charge in [-0.25, -0.2) is 4.79 Å². The highest BCUT2D eigenvalue weighted by Gasteiger charge is 2.19. The second-order valence-electron chi connectivity index (χ2n) is 4.50. The first-order valence-electron chi connectivity index (χ1n) is 6.47. The van der Waals surface area contributed by atoms with Gasteiger partial charge in [-0.15, -0.1) is 0 Å². The van der Waals surface area contributed by atoms with Gasteiger partial charge in [-0.05, 0) is 36.2 Å². The largest absolute Gasteiger partial charge is 0.423 e. The lowest BCUT2D eigenvalue weighted by Crippen LogP contribution is -2.10. The third-order valence-corrected chi connectivity index (χ3v) is 4.04. The van der Waals surface area contributed by atoms with Gasteiger partial charge in [-0.1, -0.05) is 60.3 Å². The van der Waals surface area contributed by atoms with Crippen LogP contribution in [-0.2, 0) is 6.42 Å². The van der Waals surface area contributed by atoms with Crippen molar-refractivity contribution in [3.05, 3.63) is 62.6 Å². The number of ether oxygens (including phenoxy) is 1. The van der Waals surface area contributed by atoms with Crippen molar-refractivity contribution in [2.24, 2.45) is 0 Å². The van der Waals surface area contributed by atoms with Gasteiger partial charge in [0, 0.05) is 0 Å². The molecule has 2 aromatic rings. The molecule has 0 aliphatic carbocycles. The molecule has 0 N–H and O–H groups in total. The van der Waals surface area contributed by atoms with E-state index in [9.17, 15) is 4.79 Å². The minimum absolute atomic E-state index is 0.0727. The van der Waals surface area contributed by atoms with Gasteiger partial charge < -0.3 is 4.74 Å².